The summed E-state index contributed by atoms with van der Waals surface area (Å²) >= 11 is 0. The molecule has 2 N–H and O–H groups in total. The number of sulfonamides is 1. The van der Waals surface area contributed by atoms with Crippen LogP contribution in [-0.2, 0) is 16.6 Å². The van der Waals surface area contributed by atoms with Gasteiger partial charge in [-0.15, -0.1) is 0 Å². The average molecular weight is 367 g/mol. The number of nitrogens with zero attached hydrogens (tertiary/aromatic N) is 3. The molecule has 0 saturated carbocycles. The maximum Gasteiger partial charge on any atom is 0.284 e. The van der Waals surface area contributed by atoms with Crippen molar-refractivity contribution in [3.63, 3.8) is 0 Å². The minimum Gasteiger partial charge on any atom is -0.280 e. The molecule has 3 aromatic rings. The van der Waals surface area contributed by atoms with E-state index in [1.165, 1.54) is 24.0 Å². The van der Waals surface area contributed by atoms with Gasteiger partial charge in [0, 0.05) is 6.20 Å². The van der Waals surface area contributed by atoms with E-state index in [0.29, 0.717) is 6.54 Å². The number of hydrogen-bond acceptors (Lipinski definition) is 4. The molecule has 0 aliphatic heterocycles. The predicted octanol–water partition coefficient (Wildman–Crippen LogP) is 2.70. The van der Waals surface area contributed by atoms with Crippen LogP contribution in [0.4, 0.5) is 14.5 Å². The Morgan fingerprint density at radius 3 is 2.68 bits per heavy atom. The lowest BCUT2D eigenvalue weighted by molar-refractivity contribution is 0.147. The van der Waals surface area contributed by atoms with Crippen molar-refractivity contribution in [2.75, 3.05) is 4.72 Å². The number of aromatic nitrogens is 4. The summed E-state index contributed by atoms with van der Waals surface area (Å²) in [6.07, 6.45) is -0.390. The van der Waals surface area contributed by atoms with Crippen LogP contribution in [-0.4, -0.2) is 28.4 Å². The molecular formula is C15H15F2N5O2S. The van der Waals surface area contributed by atoms with Crippen LogP contribution >= 0.6 is 0 Å². The van der Waals surface area contributed by atoms with Crippen molar-refractivity contribution in [2.45, 2.75) is 24.8 Å². The van der Waals surface area contributed by atoms with Gasteiger partial charge >= 0.3 is 0 Å². The van der Waals surface area contributed by atoms with Crippen LogP contribution in [0.5, 0.6) is 0 Å². The Kier molecular flexibility index (Phi) is 4.53. The van der Waals surface area contributed by atoms with Gasteiger partial charge in [0.2, 0.25) is 0 Å². The van der Waals surface area contributed by atoms with Gasteiger partial charge in [-0.3, -0.25) is 14.5 Å². The van der Waals surface area contributed by atoms with Gasteiger partial charge in [0.05, 0.1) is 24.1 Å². The first-order chi connectivity index (χ1) is 11.9. The molecule has 0 spiro atoms. The molecule has 2 heterocycles. The Bertz CT molecular complexity index is 967. The summed E-state index contributed by atoms with van der Waals surface area (Å²) in [5.41, 5.74) is 0.271. The molecule has 3 rings (SSSR count). The number of H-pyrrole nitrogens is 1. The second kappa shape index (κ2) is 6.63. The van der Waals surface area contributed by atoms with Crippen molar-refractivity contribution in [1.82, 2.24) is 20.0 Å². The zero-order valence-corrected chi connectivity index (χ0v) is 14.0. The maximum absolute atomic E-state index is 12.9. The fraction of sp³-hybridized carbons (Fsp3) is 0.200. The highest BCUT2D eigenvalue weighted by atomic mass is 32.2. The number of rotatable bonds is 6. The van der Waals surface area contributed by atoms with E-state index >= 15 is 0 Å². The number of aryl methyl sites for hydroxylation is 1. The summed E-state index contributed by atoms with van der Waals surface area (Å²) in [6.45, 7) is 1.85. The lowest BCUT2D eigenvalue weighted by Gasteiger charge is -2.07. The Morgan fingerprint density at radius 1 is 1.28 bits per heavy atom. The van der Waals surface area contributed by atoms with Crippen molar-refractivity contribution in [3.8, 4) is 0 Å². The molecule has 0 atom stereocenters. The summed E-state index contributed by atoms with van der Waals surface area (Å²) < 4.78 is 54.4. The Hall–Kier alpha value is -2.75. The highest BCUT2D eigenvalue weighted by Gasteiger charge is 2.25. The molecule has 0 amide bonds. The minimum atomic E-state index is -4.06. The number of anilines is 1. The number of alkyl halides is 2. The van der Waals surface area contributed by atoms with Crippen molar-refractivity contribution in [3.05, 3.63) is 59.7 Å². The molecule has 1 aromatic carbocycles. The zero-order valence-electron chi connectivity index (χ0n) is 13.1. The van der Waals surface area contributed by atoms with Gasteiger partial charge in [0.25, 0.3) is 16.4 Å². The summed E-state index contributed by atoms with van der Waals surface area (Å²) in [5.74, 6) is 0. The fourth-order valence-electron chi connectivity index (χ4n) is 2.27. The van der Waals surface area contributed by atoms with Gasteiger partial charge in [0.1, 0.15) is 4.90 Å². The first-order valence-corrected chi connectivity index (χ1v) is 8.77. The molecule has 0 radical (unpaired) electrons. The molecule has 0 unspecified atom stereocenters. The van der Waals surface area contributed by atoms with E-state index in [-0.39, 0.29) is 16.3 Å². The van der Waals surface area contributed by atoms with Crippen molar-refractivity contribution < 1.29 is 17.2 Å². The quantitative estimate of drug-likeness (QED) is 0.701. The molecular weight excluding hydrogens is 352 g/mol. The number of nitrogens with one attached hydrogen (secondary N) is 2. The van der Waals surface area contributed by atoms with E-state index in [1.54, 1.807) is 0 Å². The zero-order chi connectivity index (χ0) is 18.0. The fourth-order valence-corrected chi connectivity index (χ4v) is 3.36. The monoisotopic (exact) mass is 367 g/mol. The van der Waals surface area contributed by atoms with Gasteiger partial charge < -0.3 is 0 Å². The van der Waals surface area contributed by atoms with Crippen LogP contribution in [0.3, 0.4) is 0 Å². The third-order valence-corrected chi connectivity index (χ3v) is 4.83. The molecule has 0 saturated heterocycles. The molecule has 0 aliphatic rings. The average Bonchev–Trinajstić information content (AvgIpc) is 3.16. The number of halogens is 2. The molecule has 132 valence electrons. The molecule has 0 fully saturated rings. The van der Waals surface area contributed by atoms with Crippen LogP contribution in [0.2, 0.25) is 0 Å². The lowest BCUT2D eigenvalue weighted by Crippen LogP contribution is -2.14. The third kappa shape index (κ3) is 3.68. The Morgan fingerprint density at radius 2 is 2.00 bits per heavy atom. The Labute approximate surface area is 142 Å². The maximum atomic E-state index is 12.9. The van der Waals surface area contributed by atoms with E-state index < -0.39 is 22.1 Å². The van der Waals surface area contributed by atoms with Crippen molar-refractivity contribution in [1.29, 1.82) is 0 Å². The van der Waals surface area contributed by atoms with E-state index in [1.807, 2.05) is 30.3 Å². The van der Waals surface area contributed by atoms with Crippen LogP contribution in [0.15, 0.2) is 47.6 Å². The molecule has 0 bridgehead atoms. The van der Waals surface area contributed by atoms with Crippen LogP contribution in [0, 0.1) is 6.92 Å². The van der Waals surface area contributed by atoms with Gasteiger partial charge in [-0.05, 0) is 12.5 Å². The Balaban J connectivity index is 1.83. The normalized spacial score (nSPS) is 11.8. The number of benzene rings is 1. The highest BCUT2D eigenvalue weighted by Crippen LogP contribution is 2.29. The highest BCUT2D eigenvalue weighted by molar-refractivity contribution is 7.92. The predicted molar refractivity (Wildman–Crippen MR) is 86.9 cm³/mol. The third-order valence-electron chi connectivity index (χ3n) is 3.53. The summed E-state index contributed by atoms with van der Waals surface area (Å²) in [5, 5.41) is 9.80. The second-order valence-electron chi connectivity index (χ2n) is 5.37. The molecule has 7 nitrogen and oxygen atoms in total. The largest absolute Gasteiger partial charge is 0.284 e. The van der Waals surface area contributed by atoms with Gasteiger partial charge in [0.15, 0.2) is 5.69 Å². The van der Waals surface area contributed by atoms with Gasteiger partial charge in [-0.2, -0.15) is 10.2 Å². The summed E-state index contributed by atoms with van der Waals surface area (Å²) in [6, 6.07) is 9.38. The SMILES string of the molecule is Cc1[nH]nc(C(F)F)c1NS(=O)(=O)c1cnn(Cc2ccccc2)c1. The van der Waals surface area contributed by atoms with E-state index in [2.05, 4.69) is 20.0 Å². The van der Waals surface area contributed by atoms with Crippen LogP contribution < -0.4 is 4.72 Å². The molecule has 10 heteroatoms. The number of aromatic amines is 1. The smallest absolute Gasteiger partial charge is 0.280 e. The van der Waals surface area contributed by atoms with Crippen molar-refractivity contribution in [2.24, 2.45) is 0 Å². The first-order valence-electron chi connectivity index (χ1n) is 7.29. The van der Waals surface area contributed by atoms with Crippen molar-refractivity contribution >= 4 is 15.7 Å². The van der Waals surface area contributed by atoms with E-state index in [9.17, 15) is 17.2 Å². The lowest BCUT2D eigenvalue weighted by atomic mass is 10.2. The summed E-state index contributed by atoms with van der Waals surface area (Å²) in [4.78, 5) is -0.121. The standard InChI is InChI=1S/C15H15F2N5O2S/c1-10-13(14(15(16)17)20-19-10)21-25(23,24)12-7-18-22(9-12)8-11-5-3-2-4-6-11/h2-7,9,15,21H,8H2,1H3,(H,19,20). The first kappa shape index (κ1) is 17.1. The van der Waals surface area contributed by atoms with Gasteiger partial charge in [-0.25, -0.2) is 17.2 Å². The second-order valence-corrected chi connectivity index (χ2v) is 7.06. The molecule has 0 aliphatic carbocycles. The van der Waals surface area contributed by atoms with E-state index in [4.69, 9.17) is 0 Å². The topological polar surface area (TPSA) is 92.7 Å². The molecule has 2 aromatic heterocycles. The summed E-state index contributed by atoms with van der Waals surface area (Å²) in [7, 11) is -4.06. The number of hydrogen-bond donors (Lipinski definition) is 2. The minimum absolute atomic E-state index is 0.121. The van der Waals surface area contributed by atoms with Crippen LogP contribution in [0.1, 0.15) is 23.4 Å². The van der Waals surface area contributed by atoms with E-state index in [0.717, 1.165) is 5.56 Å². The van der Waals surface area contributed by atoms with Crippen LogP contribution in [0.25, 0.3) is 0 Å². The van der Waals surface area contributed by atoms with Gasteiger partial charge in [-0.1, -0.05) is 30.3 Å². The molecule has 25 heavy (non-hydrogen) atoms.